The highest BCUT2D eigenvalue weighted by atomic mass is 35.5. The number of carbonyl (C=O) groups is 1. The number of hydrogen-bond acceptors (Lipinski definition) is 6. The molecule has 198 valence electrons. The SMILES string of the molecule is CCS(=O)(=O)c1ccc(Cl)cc1CNC(=O)c1cc(OC(F)(F)F)c(CN2CCCCC2)c(Cl)c1N. The first-order valence-corrected chi connectivity index (χ1v) is 13.6. The molecule has 0 bridgehead atoms. The molecule has 1 heterocycles. The van der Waals surface area contributed by atoms with E-state index in [4.69, 9.17) is 28.9 Å². The van der Waals surface area contributed by atoms with Crippen LogP contribution in [0.25, 0.3) is 0 Å². The summed E-state index contributed by atoms with van der Waals surface area (Å²) in [6, 6.07) is 5.04. The number of hydrogen-bond donors (Lipinski definition) is 2. The summed E-state index contributed by atoms with van der Waals surface area (Å²) in [5, 5.41) is 2.54. The number of carbonyl (C=O) groups excluding carboxylic acids is 1. The molecule has 1 saturated heterocycles. The van der Waals surface area contributed by atoms with Crippen molar-refractivity contribution in [3.8, 4) is 5.75 Å². The topological polar surface area (TPSA) is 102 Å². The zero-order valence-corrected chi connectivity index (χ0v) is 21.8. The van der Waals surface area contributed by atoms with Gasteiger partial charge in [-0.25, -0.2) is 8.42 Å². The second kappa shape index (κ2) is 11.5. The van der Waals surface area contributed by atoms with Crippen molar-refractivity contribution >= 4 is 44.6 Å². The number of alkyl halides is 3. The molecule has 0 spiro atoms. The Morgan fingerprint density at radius 1 is 1.17 bits per heavy atom. The quantitative estimate of drug-likeness (QED) is 0.426. The zero-order chi connectivity index (χ0) is 26.7. The smallest absolute Gasteiger partial charge is 0.405 e. The van der Waals surface area contributed by atoms with Crippen LogP contribution in [0.1, 0.15) is 47.7 Å². The minimum absolute atomic E-state index is 0.0151. The number of nitrogens with two attached hydrogens (primary N) is 1. The van der Waals surface area contributed by atoms with Crippen LogP contribution in [-0.2, 0) is 22.9 Å². The maximum absolute atomic E-state index is 13.2. The molecule has 1 aliphatic rings. The molecular formula is C23H26Cl2F3N3O4S. The van der Waals surface area contributed by atoms with E-state index >= 15 is 0 Å². The summed E-state index contributed by atoms with van der Waals surface area (Å²) in [6.45, 7) is 2.66. The van der Waals surface area contributed by atoms with E-state index in [9.17, 15) is 26.4 Å². The normalized spacial score (nSPS) is 15.1. The number of piperidine rings is 1. The summed E-state index contributed by atoms with van der Waals surface area (Å²) in [7, 11) is -3.63. The van der Waals surface area contributed by atoms with Gasteiger partial charge in [-0.15, -0.1) is 13.2 Å². The number of likely N-dealkylation sites (tertiary alicyclic amines) is 1. The van der Waals surface area contributed by atoms with Crippen LogP contribution in [0.2, 0.25) is 10.0 Å². The van der Waals surface area contributed by atoms with E-state index < -0.39 is 27.9 Å². The summed E-state index contributed by atoms with van der Waals surface area (Å²) in [5.74, 6) is -1.64. The van der Waals surface area contributed by atoms with Crippen molar-refractivity contribution in [1.82, 2.24) is 10.2 Å². The van der Waals surface area contributed by atoms with E-state index in [-0.39, 0.29) is 56.2 Å². The Morgan fingerprint density at radius 3 is 2.44 bits per heavy atom. The third kappa shape index (κ3) is 6.96. The number of benzene rings is 2. The molecule has 13 heteroatoms. The van der Waals surface area contributed by atoms with Crippen LogP contribution >= 0.6 is 23.2 Å². The van der Waals surface area contributed by atoms with Gasteiger partial charge in [0.15, 0.2) is 9.84 Å². The van der Waals surface area contributed by atoms with E-state index in [1.807, 2.05) is 4.90 Å². The van der Waals surface area contributed by atoms with Gasteiger partial charge in [0.2, 0.25) is 0 Å². The van der Waals surface area contributed by atoms with E-state index in [0.29, 0.717) is 13.1 Å². The van der Waals surface area contributed by atoms with Crippen molar-refractivity contribution in [3.63, 3.8) is 0 Å². The van der Waals surface area contributed by atoms with Crippen LogP contribution in [0.15, 0.2) is 29.2 Å². The van der Waals surface area contributed by atoms with Gasteiger partial charge in [0.05, 0.1) is 26.9 Å². The predicted octanol–water partition coefficient (Wildman–Crippen LogP) is 5.18. The molecule has 0 aliphatic carbocycles. The van der Waals surface area contributed by atoms with Crippen LogP contribution in [0.3, 0.4) is 0 Å². The van der Waals surface area contributed by atoms with E-state index in [1.165, 1.54) is 25.1 Å². The van der Waals surface area contributed by atoms with Gasteiger partial charge in [0.25, 0.3) is 5.91 Å². The van der Waals surface area contributed by atoms with E-state index in [1.54, 1.807) is 0 Å². The van der Waals surface area contributed by atoms with Crippen molar-refractivity contribution in [2.75, 3.05) is 24.6 Å². The van der Waals surface area contributed by atoms with Crippen LogP contribution in [0.4, 0.5) is 18.9 Å². The molecule has 36 heavy (non-hydrogen) atoms. The lowest BCUT2D eigenvalue weighted by Crippen LogP contribution is -2.30. The van der Waals surface area contributed by atoms with Crippen molar-refractivity contribution in [2.24, 2.45) is 0 Å². The standard InChI is InChI=1S/C23H26Cl2F3N3O4S/c1-2-36(33,34)19-7-6-15(24)10-14(19)12-30-22(32)16-11-18(35-23(26,27)28)17(20(25)21(16)29)13-31-8-4-3-5-9-31/h6-7,10-11H,2-5,8-9,12-13,29H2,1H3,(H,30,32). The van der Waals surface area contributed by atoms with Gasteiger partial charge < -0.3 is 15.8 Å². The highest BCUT2D eigenvalue weighted by Gasteiger charge is 2.34. The molecule has 0 unspecified atom stereocenters. The minimum Gasteiger partial charge on any atom is -0.405 e. The number of ether oxygens (including phenoxy) is 1. The summed E-state index contributed by atoms with van der Waals surface area (Å²) in [5.41, 5.74) is 5.79. The number of sulfone groups is 1. The van der Waals surface area contributed by atoms with Gasteiger partial charge in [0, 0.05) is 23.7 Å². The second-order valence-electron chi connectivity index (χ2n) is 8.35. The minimum atomic E-state index is -5.02. The number of amides is 1. The number of nitrogen functional groups attached to an aromatic ring is 1. The zero-order valence-electron chi connectivity index (χ0n) is 19.4. The van der Waals surface area contributed by atoms with Gasteiger partial charge in [0.1, 0.15) is 5.75 Å². The van der Waals surface area contributed by atoms with Crippen LogP contribution in [0, 0.1) is 0 Å². The molecule has 2 aromatic rings. The second-order valence-corrected chi connectivity index (χ2v) is 11.4. The average Bonchev–Trinajstić information content (AvgIpc) is 2.81. The van der Waals surface area contributed by atoms with Crippen molar-refractivity contribution in [3.05, 3.63) is 51.0 Å². The van der Waals surface area contributed by atoms with Crippen molar-refractivity contribution in [1.29, 1.82) is 0 Å². The van der Waals surface area contributed by atoms with Crippen LogP contribution in [0.5, 0.6) is 5.75 Å². The molecule has 3 N–H and O–H groups in total. The molecule has 0 saturated carbocycles. The lowest BCUT2D eigenvalue weighted by molar-refractivity contribution is -0.275. The van der Waals surface area contributed by atoms with Crippen LogP contribution < -0.4 is 15.8 Å². The fourth-order valence-corrected chi connectivity index (χ4v) is 5.56. The molecular weight excluding hydrogens is 542 g/mol. The number of halogens is 5. The molecule has 0 radical (unpaired) electrons. The number of nitrogens with one attached hydrogen (secondary N) is 1. The maximum Gasteiger partial charge on any atom is 0.573 e. The maximum atomic E-state index is 13.2. The summed E-state index contributed by atoms with van der Waals surface area (Å²) in [4.78, 5) is 14.9. The molecule has 7 nitrogen and oxygen atoms in total. The molecule has 0 aromatic heterocycles. The van der Waals surface area contributed by atoms with Gasteiger partial charge in [-0.1, -0.05) is 36.5 Å². The Balaban J connectivity index is 1.93. The first-order chi connectivity index (χ1) is 16.8. The third-order valence-corrected chi connectivity index (χ3v) is 8.34. The molecule has 1 fully saturated rings. The molecule has 0 atom stereocenters. The van der Waals surface area contributed by atoms with Gasteiger partial charge in [-0.2, -0.15) is 0 Å². The first-order valence-electron chi connectivity index (χ1n) is 11.2. The Bertz CT molecular complexity index is 1230. The van der Waals surface area contributed by atoms with Crippen molar-refractivity contribution in [2.45, 2.75) is 50.5 Å². The monoisotopic (exact) mass is 567 g/mol. The predicted molar refractivity (Wildman–Crippen MR) is 132 cm³/mol. The van der Waals surface area contributed by atoms with Crippen molar-refractivity contribution < 1.29 is 31.1 Å². The Hall–Kier alpha value is -2.21. The summed E-state index contributed by atoms with van der Waals surface area (Å²) in [6.07, 6.45) is -2.18. The fraction of sp³-hybridized carbons (Fsp3) is 0.435. The number of rotatable bonds is 8. The van der Waals surface area contributed by atoms with Crippen LogP contribution in [-0.4, -0.2) is 44.4 Å². The lowest BCUT2D eigenvalue weighted by atomic mass is 10.0. The molecule has 2 aromatic carbocycles. The van der Waals surface area contributed by atoms with Gasteiger partial charge in [-0.3, -0.25) is 9.69 Å². The largest absolute Gasteiger partial charge is 0.573 e. The Morgan fingerprint density at radius 2 is 1.83 bits per heavy atom. The van der Waals surface area contributed by atoms with Gasteiger partial charge >= 0.3 is 6.36 Å². The molecule has 3 rings (SSSR count). The first kappa shape index (κ1) is 28.4. The highest BCUT2D eigenvalue weighted by Crippen LogP contribution is 2.38. The Kier molecular flexibility index (Phi) is 9.02. The van der Waals surface area contributed by atoms with E-state index in [0.717, 1.165) is 25.3 Å². The third-order valence-electron chi connectivity index (χ3n) is 5.84. The fourth-order valence-electron chi connectivity index (χ4n) is 3.99. The van der Waals surface area contributed by atoms with Gasteiger partial charge in [-0.05, 0) is 55.8 Å². The highest BCUT2D eigenvalue weighted by molar-refractivity contribution is 7.91. The molecule has 1 aliphatic heterocycles. The Labute approximate surface area is 217 Å². The van der Waals surface area contributed by atoms with E-state index in [2.05, 4.69) is 10.1 Å². The average molecular weight is 568 g/mol. The summed E-state index contributed by atoms with van der Waals surface area (Å²) >= 11 is 12.4. The number of anilines is 1. The number of nitrogens with zero attached hydrogens (tertiary/aromatic N) is 1. The summed E-state index contributed by atoms with van der Waals surface area (Å²) < 4.78 is 68.6. The molecule has 1 amide bonds. The lowest BCUT2D eigenvalue weighted by Gasteiger charge is -2.28.